The third kappa shape index (κ3) is 2.62. The van der Waals surface area contributed by atoms with E-state index in [1.54, 1.807) is 24.2 Å². The van der Waals surface area contributed by atoms with Crippen LogP contribution in [0.3, 0.4) is 0 Å². The average molecular weight is 236 g/mol. The standard InChI is InChI=1S/C12H13FN2O2/c1-17-5-4-15-8-9(7-14-15)11-6-10(16)2-3-12(11)13/h2-3,6-8,16H,4-5H2,1H3. The molecule has 2 aromatic rings. The van der Waals surface area contributed by atoms with E-state index in [0.29, 0.717) is 24.3 Å². The van der Waals surface area contributed by atoms with Gasteiger partial charge in [-0.25, -0.2) is 4.39 Å². The largest absolute Gasteiger partial charge is 0.508 e. The summed E-state index contributed by atoms with van der Waals surface area (Å²) in [6.07, 6.45) is 3.28. The Hall–Kier alpha value is -1.88. The van der Waals surface area contributed by atoms with E-state index in [9.17, 15) is 9.50 Å². The summed E-state index contributed by atoms with van der Waals surface area (Å²) in [7, 11) is 1.61. The van der Waals surface area contributed by atoms with E-state index in [2.05, 4.69) is 5.10 Å². The fourth-order valence-corrected chi connectivity index (χ4v) is 1.54. The van der Waals surface area contributed by atoms with E-state index < -0.39 is 0 Å². The van der Waals surface area contributed by atoms with Gasteiger partial charge in [0.05, 0.1) is 19.3 Å². The van der Waals surface area contributed by atoms with Gasteiger partial charge in [-0.05, 0) is 18.2 Å². The summed E-state index contributed by atoms with van der Waals surface area (Å²) in [4.78, 5) is 0. The molecule has 0 amide bonds. The zero-order valence-electron chi connectivity index (χ0n) is 9.43. The second-order valence-electron chi connectivity index (χ2n) is 3.65. The number of phenols is 1. The van der Waals surface area contributed by atoms with Gasteiger partial charge in [-0.2, -0.15) is 5.10 Å². The second kappa shape index (κ2) is 4.97. The minimum atomic E-state index is -0.380. The minimum Gasteiger partial charge on any atom is -0.508 e. The molecule has 0 aliphatic heterocycles. The topological polar surface area (TPSA) is 47.3 Å². The minimum absolute atomic E-state index is 0.0334. The highest BCUT2D eigenvalue weighted by Gasteiger charge is 2.08. The molecule has 0 saturated carbocycles. The van der Waals surface area contributed by atoms with Crippen LogP contribution >= 0.6 is 0 Å². The lowest BCUT2D eigenvalue weighted by Crippen LogP contribution is -2.03. The number of methoxy groups -OCH3 is 1. The number of nitrogens with zero attached hydrogens (tertiary/aromatic N) is 2. The molecule has 0 unspecified atom stereocenters. The lowest BCUT2D eigenvalue weighted by atomic mass is 10.1. The summed E-state index contributed by atoms with van der Waals surface area (Å²) in [6, 6.07) is 3.93. The number of benzene rings is 1. The Kier molecular flexibility index (Phi) is 3.39. The van der Waals surface area contributed by atoms with Gasteiger partial charge < -0.3 is 9.84 Å². The van der Waals surface area contributed by atoms with Gasteiger partial charge in [-0.3, -0.25) is 4.68 Å². The molecular weight excluding hydrogens is 223 g/mol. The number of phenolic OH excluding ortho intramolecular Hbond substituents is 1. The van der Waals surface area contributed by atoms with E-state index in [-0.39, 0.29) is 11.6 Å². The number of aromatic hydroxyl groups is 1. The molecule has 0 saturated heterocycles. The van der Waals surface area contributed by atoms with Crippen LogP contribution in [-0.2, 0) is 11.3 Å². The molecular formula is C12H13FN2O2. The van der Waals surface area contributed by atoms with Crippen LogP contribution in [0.2, 0.25) is 0 Å². The number of rotatable bonds is 4. The van der Waals surface area contributed by atoms with Crippen LogP contribution in [0.5, 0.6) is 5.75 Å². The average Bonchev–Trinajstić information content (AvgIpc) is 2.78. The maximum Gasteiger partial charge on any atom is 0.131 e. The summed E-state index contributed by atoms with van der Waals surface area (Å²) in [5.74, 6) is -0.347. The fourth-order valence-electron chi connectivity index (χ4n) is 1.54. The first-order chi connectivity index (χ1) is 8.20. The zero-order chi connectivity index (χ0) is 12.3. The Morgan fingerprint density at radius 3 is 3.06 bits per heavy atom. The van der Waals surface area contributed by atoms with Crippen molar-refractivity contribution in [3.8, 4) is 16.9 Å². The van der Waals surface area contributed by atoms with Crippen LogP contribution in [-0.4, -0.2) is 28.6 Å². The SMILES string of the molecule is COCCn1cc(-c2cc(O)ccc2F)cn1. The maximum atomic E-state index is 13.5. The molecule has 0 fully saturated rings. The predicted octanol–water partition coefficient (Wildman–Crippen LogP) is 2.04. The molecule has 0 bridgehead atoms. The van der Waals surface area contributed by atoms with Crippen molar-refractivity contribution in [3.63, 3.8) is 0 Å². The second-order valence-corrected chi connectivity index (χ2v) is 3.65. The predicted molar refractivity (Wildman–Crippen MR) is 61.2 cm³/mol. The Morgan fingerprint density at radius 2 is 2.29 bits per heavy atom. The first kappa shape index (κ1) is 11.6. The molecule has 1 aromatic heterocycles. The Balaban J connectivity index is 2.27. The van der Waals surface area contributed by atoms with Gasteiger partial charge in [-0.1, -0.05) is 0 Å². The van der Waals surface area contributed by atoms with Gasteiger partial charge in [0.1, 0.15) is 11.6 Å². The van der Waals surface area contributed by atoms with Crippen molar-refractivity contribution in [2.75, 3.05) is 13.7 Å². The molecule has 17 heavy (non-hydrogen) atoms. The van der Waals surface area contributed by atoms with Crippen molar-refractivity contribution < 1.29 is 14.2 Å². The maximum absolute atomic E-state index is 13.5. The Morgan fingerprint density at radius 1 is 1.47 bits per heavy atom. The molecule has 2 rings (SSSR count). The summed E-state index contributed by atoms with van der Waals surface area (Å²) < 4.78 is 20.1. The van der Waals surface area contributed by atoms with E-state index in [1.165, 1.54) is 18.2 Å². The number of aromatic nitrogens is 2. The highest BCUT2D eigenvalue weighted by molar-refractivity contribution is 5.64. The third-order valence-electron chi connectivity index (χ3n) is 2.42. The number of hydrogen-bond donors (Lipinski definition) is 1. The summed E-state index contributed by atoms with van der Waals surface area (Å²) in [6.45, 7) is 1.15. The molecule has 1 N–H and O–H groups in total. The van der Waals surface area contributed by atoms with E-state index in [1.807, 2.05) is 0 Å². The van der Waals surface area contributed by atoms with Gasteiger partial charge in [0, 0.05) is 24.4 Å². The smallest absolute Gasteiger partial charge is 0.131 e. The van der Waals surface area contributed by atoms with Crippen molar-refractivity contribution in [2.45, 2.75) is 6.54 Å². The van der Waals surface area contributed by atoms with E-state index >= 15 is 0 Å². The third-order valence-corrected chi connectivity index (χ3v) is 2.42. The Bertz CT molecular complexity index is 511. The monoisotopic (exact) mass is 236 g/mol. The molecule has 0 radical (unpaired) electrons. The fraction of sp³-hybridized carbons (Fsp3) is 0.250. The van der Waals surface area contributed by atoms with E-state index in [4.69, 9.17) is 4.74 Å². The summed E-state index contributed by atoms with van der Waals surface area (Å²) >= 11 is 0. The van der Waals surface area contributed by atoms with Crippen LogP contribution in [0.15, 0.2) is 30.6 Å². The highest BCUT2D eigenvalue weighted by Crippen LogP contribution is 2.25. The zero-order valence-corrected chi connectivity index (χ0v) is 9.43. The molecule has 0 aliphatic rings. The first-order valence-corrected chi connectivity index (χ1v) is 5.21. The lowest BCUT2D eigenvalue weighted by molar-refractivity contribution is 0.183. The molecule has 0 atom stereocenters. The van der Waals surface area contributed by atoms with Crippen LogP contribution in [0.1, 0.15) is 0 Å². The number of halogens is 1. The molecule has 4 nitrogen and oxygen atoms in total. The molecule has 1 heterocycles. The lowest BCUT2D eigenvalue weighted by Gasteiger charge is -2.01. The van der Waals surface area contributed by atoms with Crippen molar-refractivity contribution in [2.24, 2.45) is 0 Å². The molecule has 1 aromatic carbocycles. The van der Waals surface area contributed by atoms with Crippen molar-refractivity contribution >= 4 is 0 Å². The summed E-state index contributed by atoms with van der Waals surface area (Å²) in [5, 5.41) is 13.4. The van der Waals surface area contributed by atoms with Gasteiger partial charge in [-0.15, -0.1) is 0 Å². The molecule has 5 heteroatoms. The van der Waals surface area contributed by atoms with Crippen molar-refractivity contribution in [1.29, 1.82) is 0 Å². The van der Waals surface area contributed by atoms with Gasteiger partial charge in [0.15, 0.2) is 0 Å². The highest BCUT2D eigenvalue weighted by atomic mass is 19.1. The van der Waals surface area contributed by atoms with Crippen LogP contribution in [0.25, 0.3) is 11.1 Å². The molecule has 90 valence electrons. The van der Waals surface area contributed by atoms with Crippen molar-refractivity contribution in [1.82, 2.24) is 9.78 Å². The molecule has 0 spiro atoms. The first-order valence-electron chi connectivity index (χ1n) is 5.21. The van der Waals surface area contributed by atoms with Crippen LogP contribution in [0.4, 0.5) is 4.39 Å². The number of ether oxygens (including phenoxy) is 1. The normalized spacial score (nSPS) is 10.7. The Labute approximate surface area is 98.3 Å². The van der Waals surface area contributed by atoms with Gasteiger partial charge in [0.2, 0.25) is 0 Å². The van der Waals surface area contributed by atoms with Crippen LogP contribution in [0, 0.1) is 5.82 Å². The number of hydrogen-bond acceptors (Lipinski definition) is 3. The van der Waals surface area contributed by atoms with Crippen molar-refractivity contribution in [3.05, 3.63) is 36.4 Å². The quantitative estimate of drug-likeness (QED) is 0.883. The summed E-state index contributed by atoms with van der Waals surface area (Å²) in [5.41, 5.74) is 0.975. The van der Waals surface area contributed by atoms with Crippen LogP contribution < -0.4 is 0 Å². The van der Waals surface area contributed by atoms with Gasteiger partial charge >= 0.3 is 0 Å². The van der Waals surface area contributed by atoms with Gasteiger partial charge in [0.25, 0.3) is 0 Å². The molecule has 0 aliphatic carbocycles. The van der Waals surface area contributed by atoms with E-state index in [0.717, 1.165) is 0 Å².